The van der Waals surface area contributed by atoms with Crippen LogP contribution >= 0.6 is 0 Å². The number of hydrogen-bond acceptors (Lipinski definition) is 4. The van der Waals surface area contributed by atoms with Crippen molar-refractivity contribution in [1.82, 2.24) is 5.32 Å². The molecule has 5 heteroatoms. The second kappa shape index (κ2) is 39.9. The third kappa shape index (κ3) is 35.3. The van der Waals surface area contributed by atoms with Gasteiger partial charge in [0.2, 0.25) is 5.91 Å². The lowest BCUT2D eigenvalue weighted by molar-refractivity contribution is -0.124. The summed E-state index contributed by atoms with van der Waals surface area (Å²) in [5.74, 6) is -0.159. The van der Waals surface area contributed by atoms with Gasteiger partial charge in [-0.3, -0.25) is 4.79 Å². The van der Waals surface area contributed by atoms with E-state index in [0.717, 1.165) is 44.9 Å². The summed E-state index contributed by atoms with van der Waals surface area (Å²) >= 11 is 0. The lowest BCUT2D eigenvalue weighted by Crippen LogP contribution is -2.50. The Morgan fingerprint density at radius 1 is 0.490 bits per heavy atom. The quantitative estimate of drug-likeness (QED) is 0.0380. The lowest BCUT2D eigenvalue weighted by Gasteiger charge is -2.26. The molecule has 0 saturated carbocycles. The van der Waals surface area contributed by atoms with Crippen molar-refractivity contribution in [3.05, 3.63) is 12.2 Å². The number of carbonyl (C=O) groups excluding carboxylic acids is 1. The van der Waals surface area contributed by atoms with E-state index in [4.69, 9.17) is 0 Å². The summed E-state index contributed by atoms with van der Waals surface area (Å²) in [7, 11) is 0. The van der Waals surface area contributed by atoms with Crippen molar-refractivity contribution >= 4 is 5.91 Å². The van der Waals surface area contributed by atoms with Crippen LogP contribution in [0.1, 0.15) is 239 Å². The van der Waals surface area contributed by atoms with E-state index in [2.05, 4.69) is 31.3 Å². The third-order valence-corrected chi connectivity index (χ3v) is 10.4. The Labute approximate surface area is 306 Å². The second-order valence-corrected chi connectivity index (χ2v) is 15.3. The number of rotatable bonds is 40. The maximum absolute atomic E-state index is 12.4. The van der Waals surface area contributed by atoms with Crippen molar-refractivity contribution in [3.8, 4) is 0 Å². The molecule has 49 heavy (non-hydrogen) atoms. The third-order valence-electron chi connectivity index (χ3n) is 10.4. The smallest absolute Gasteiger partial charge is 0.220 e. The highest BCUT2D eigenvalue weighted by atomic mass is 16.3. The van der Waals surface area contributed by atoms with Gasteiger partial charge >= 0.3 is 0 Å². The van der Waals surface area contributed by atoms with Crippen LogP contribution < -0.4 is 5.32 Å². The van der Waals surface area contributed by atoms with E-state index < -0.39 is 18.2 Å². The number of allylic oxidation sites excluding steroid dienone is 2. The topological polar surface area (TPSA) is 89.8 Å². The summed E-state index contributed by atoms with van der Waals surface area (Å²) < 4.78 is 0. The molecule has 3 atom stereocenters. The summed E-state index contributed by atoms with van der Waals surface area (Å²) in [6, 6.07) is -0.813. The van der Waals surface area contributed by atoms with E-state index in [1.54, 1.807) is 0 Å². The van der Waals surface area contributed by atoms with Crippen LogP contribution in [0.15, 0.2) is 12.2 Å². The Kier molecular flexibility index (Phi) is 39.1. The van der Waals surface area contributed by atoms with Crippen molar-refractivity contribution in [3.63, 3.8) is 0 Å². The molecule has 0 spiro atoms. The molecule has 0 bridgehead atoms. The number of unbranched alkanes of at least 4 members (excludes halogenated alkanes) is 30. The highest BCUT2D eigenvalue weighted by Gasteiger charge is 2.26. The summed E-state index contributed by atoms with van der Waals surface area (Å²) in [5.41, 5.74) is 0. The number of nitrogens with one attached hydrogen (secondary N) is 1. The standard InChI is InChI=1S/C44H87NO4/c1-3-5-7-9-11-13-15-17-18-19-20-21-22-23-24-25-27-28-30-32-34-36-38-42(47)44(49)41(40-46)45-43(48)39-37-35-33-31-29-26-16-14-12-10-8-6-4-2/h26,29,41-42,44,46-47,49H,3-25,27-28,30-40H2,1-2H3,(H,45,48)/b29-26-. The maximum atomic E-state index is 12.4. The number of amides is 1. The first kappa shape index (κ1) is 48.1. The van der Waals surface area contributed by atoms with Crippen molar-refractivity contribution in [1.29, 1.82) is 0 Å². The fraction of sp³-hybridized carbons (Fsp3) is 0.932. The fourth-order valence-corrected chi connectivity index (χ4v) is 6.92. The second-order valence-electron chi connectivity index (χ2n) is 15.3. The Balaban J connectivity index is 3.59. The first-order chi connectivity index (χ1) is 24.1. The van der Waals surface area contributed by atoms with E-state index in [1.165, 1.54) is 167 Å². The molecule has 0 aliphatic carbocycles. The minimum absolute atomic E-state index is 0.159. The Morgan fingerprint density at radius 3 is 1.18 bits per heavy atom. The van der Waals surface area contributed by atoms with Gasteiger partial charge in [0.15, 0.2) is 0 Å². The van der Waals surface area contributed by atoms with Gasteiger partial charge in [-0.1, -0.05) is 206 Å². The summed E-state index contributed by atoms with van der Waals surface area (Å²) in [4.78, 5) is 12.4. The highest BCUT2D eigenvalue weighted by molar-refractivity contribution is 5.76. The van der Waals surface area contributed by atoms with Crippen LogP contribution in [-0.4, -0.2) is 46.1 Å². The van der Waals surface area contributed by atoms with Crippen LogP contribution in [0.25, 0.3) is 0 Å². The van der Waals surface area contributed by atoms with E-state index in [1.807, 2.05) is 0 Å². The summed E-state index contributed by atoms with van der Waals surface area (Å²) in [5, 5.41) is 33.5. The fourth-order valence-electron chi connectivity index (χ4n) is 6.92. The van der Waals surface area contributed by atoms with Gasteiger partial charge in [-0.05, 0) is 38.5 Å². The predicted octanol–water partition coefficient (Wildman–Crippen LogP) is 12.4. The zero-order valence-electron chi connectivity index (χ0n) is 33.1. The van der Waals surface area contributed by atoms with E-state index in [-0.39, 0.29) is 12.5 Å². The molecule has 0 aliphatic rings. The van der Waals surface area contributed by atoms with Gasteiger partial charge in [-0.25, -0.2) is 0 Å². The van der Waals surface area contributed by atoms with Gasteiger partial charge in [0.1, 0.15) is 6.10 Å². The predicted molar refractivity (Wildman–Crippen MR) is 213 cm³/mol. The van der Waals surface area contributed by atoms with Crippen LogP contribution in [0.3, 0.4) is 0 Å². The Morgan fingerprint density at radius 2 is 0.816 bits per heavy atom. The van der Waals surface area contributed by atoms with E-state index in [9.17, 15) is 20.1 Å². The molecule has 0 aromatic rings. The minimum Gasteiger partial charge on any atom is -0.394 e. The molecular weight excluding hydrogens is 606 g/mol. The van der Waals surface area contributed by atoms with Crippen molar-refractivity contribution in [2.24, 2.45) is 0 Å². The molecule has 0 fully saturated rings. The van der Waals surface area contributed by atoms with Crippen LogP contribution in [0.5, 0.6) is 0 Å². The lowest BCUT2D eigenvalue weighted by atomic mass is 9.99. The summed E-state index contributed by atoms with van der Waals surface area (Å²) in [6.07, 6.45) is 46.1. The molecule has 292 valence electrons. The molecule has 0 aliphatic heterocycles. The Hall–Kier alpha value is -0.910. The van der Waals surface area contributed by atoms with Crippen LogP contribution in [0.2, 0.25) is 0 Å². The van der Waals surface area contributed by atoms with E-state index in [0.29, 0.717) is 12.8 Å². The Bertz CT molecular complexity index is 684. The summed E-state index contributed by atoms with van der Waals surface area (Å²) in [6.45, 7) is 4.17. The monoisotopic (exact) mass is 694 g/mol. The molecule has 1 amide bonds. The maximum Gasteiger partial charge on any atom is 0.220 e. The van der Waals surface area contributed by atoms with Crippen molar-refractivity contribution < 1.29 is 20.1 Å². The molecule has 5 nitrogen and oxygen atoms in total. The van der Waals surface area contributed by atoms with Gasteiger partial charge in [0, 0.05) is 6.42 Å². The molecule has 0 saturated heterocycles. The molecule has 0 aromatic carbocycles. The molecule has 0 heterocycles. The van der Waals surface area contributed by atoms with Gasteiger partial charge in [-0.2, -0.15) is 0 Å². The van der Waals surface area contributed by atoms with Crippen LogP contribution in [-0.2, 0) is 4.79 Å². The largest absolute Gasteiger partial charge is 0.394 e. The van der Waals surface area contributed by atoms with Gasteiger partial charge < -0.3 is 20.6 Å². The zero-order valence-corrected chi connectivity index (χ0v) is 33.1. The average molecular weight is 694 g/mol. The number of hydrogen-bond donors (Lipinski definition) is 4. The first-order valence-corrected chi connectivity index (χ1v) is 22.0. The molecule has 0 rings (SSSR count). The van der Waals surface area contributed by atoms with Gasteiger partial charge in [0.05, 0.1) is 18.8 Å². The SMILES string of the molecule is CCCCCCCC/C=C\CCCCCC(=O)NC(CO)C(O)C(O)CCCCCCCCCCCCCCCCCCCCCCCC. The minimum atomic E-state index is -1.14. The van der Waals surface area contributed by atoms with Gasteiger partial charge in [-0.15, -0.1) is 0 Å². The number of aliphatic hydroxyl groups excluding tert-OH is 3. The van der Waals surface area contributed by atoms with Crippen LogP contribution in [0.4, 0.5) is 0 Å². The van der Waals surface area contributed by atoms with Crippen LogP contribution in [0, 0.1) is 0 Å². The van der Waals surface area contributed by atoms with E-state index >= 15 is 0 Å². The van der Waals surface area contributed by atoms with Crippen molar-refractivity contribution in [2.45, 2.75) is 257 Å². The number of aliphatic hydroxyl groups is 3. The molecule has 3 unspecified atom stereocenters. The number of carbonyl (C=O) groups is 1. The molecule has 4 N–H and O–H groups in total. The van der Waals surface area contributed by atoms with Gasteiger partial charge in [0.25, 0.3) is 0 Å². The average Bonchev–Trinajstić information content (AvgIpc) is 3.10. The highest BCUT2D eigenvalue weighted by Crippen LogP contribution is 2.17. The molecular formula is C44H87NO4. The zero-order chi connectivity index (χ0) is 35.9. The van der Waals surface area contributed by atoms with Crippen molar-refractivity contribution in [2.75, 3.05) is 6.61 Å². The normalized spacial score (nSPS) is 13.7. The molecule has 0 radical (unpaired) electrons. The molecule has 0 aromatic heterocycles. The first-order valence-electron chi connectivity index (χ1n) is 22.0.